The zero-order valence-electron chi connectivity index (χ0n) is 16.9. The van der Waals surface area contributed by atoms with E-state index in [9.17, 15) is 9.59 Å². The number of hydrogen-bond acceptors (Lipinski definition) is 4. The molecule has 25 heavy (non-hydrogen) atoms. The highest BCUT2D eigenvalue weighted by molar-refractivity contribution is 5.32. The Hall–Kier alpha value is -1.24. The molecule has 0 saturated carbocycles. The van der Waals surface area contributed by atoms with E-state index in [0.717, 1.165) is 37.5 Å². The highest BCUT2D eigenvalue weighted by Crippen LogP contribution is 2.37. The molecular weight excluding hydrogens is 312 g/mol. The predicted molar refractivity (Wildman–Crippen MR) is 104 cm³/mol. The summed E-state index contributed by atoms with van der Waals surface area (Å²) in [5, 5.41) is 0. The number of aliphatic imine (C=N–C) groups is 2. The van der Waals surface area contributed by atoms with E-state index in [-0.39, 0.29) is 0 Å². The molecule has 0 rings (SSSR count). The van der Waals surface area contributed by atoms with Gasteiger partial charge in [0.2, 0.25) is 12.2 Å². The van der Waals surface area contributed by atoms with Crippen LogP contribution in [0.5, 0.6) is 0 Å². The van der Waals surface area contributed by atoms with Crippen LogP contribution in [-0.2, 0) is 9.59 Å². The van der Waals surface area contributed by atoms with Crippen LogP contribution >= 0.6 is 0 Å². The summed E-state index contributed by atoms with van der Waals surface area (Å²) in [6.45, 7) is 10.6. The van der Waals surface area contributed by atoms with Gasteiger partial charge in [-0.2, -0.15) is 0 Å². The smallest absolute Gasteiger partial charge is 0.211 e. The number of carbonyl (C=O) groups excluding carboxylic acids is 2. The van der Waals surface area contributed by atoms with Crippen molar-refractivity contribution in [3.63, 3.8) is 0 Å². The second-order valence-electron chi connectivity index (χ2n) is 8.06. The highest BCUT2D eigenvalue weighted by Gasteiger charge is 2.25. The van der Waals surface area contributed by atoms with E-state index < -0.39 is 0 Å². The summed E-state index contributed by atoms with van der Waals surface area (Å²) in [5.74, 6) is 1.52. The van der Waals surface area contributed by atoms with Gasteiger partial charge < -0.3 is 0 Å². The Labute approximate surface area is 154 Å². The minimum Gasteiger partial charge on any atom is -0.211 e. The summed E-state index contributed by atoms with van der Waals surface area (Å²) in [4.78, 5) is 27.4. The van der Waals surface area contributed by atoms with Crippen molar-refractivity contribution in [1.29, 1.82) is 0 Å². The Morgan fingerprint density at radius 1 is 0.760 bits per heavy atom. The predicted octanol–water partition coefficient (Wildman–Crippen LogP) is 5.86. The zero-order chi connectivity index (χ0) is 19.0. The van der Waals surface area contributed by atoms with Gasteiger partial charge in [0, 0.05) is 0 Å². The maximum absolute atomic E-state index is 10.1. The fourth-order valence-electron chi connectivity index (χ4n) is 3.89. The number of hydrogen-bond donors (Lipinski definition) is 0. The maximum atomic E-state index is 10.1. The summed E-state index contributed by atoms with van der Waals surface area (Å²) >= 11 is 0. The van der Waals surface area contributed by atoms with Gasteiger partial charge in [-0.3, -0.25) is 0 Å². The van der Waals surface area contributed by atoms with Crippen molar-refractivity contribution in [2.45, 2.75) is 91.9 Å². The van der Waals surface area contributed by atoms with Crippen LogP contribution in [0.1, 0.15) is 91.9 Å². The molecule has 144 valence electrons. The van der Waals surface area contributed by atoms with Crippen LogP contribution in [0.25, 0.3) is 0 Å². The summed E-state index contributed by atoms with van der Waals surface area (Å²) in [6.07, 6.45) is 15.0. The van der Waals surface area contributed by atoms with Gasteiger partial charge in [0.1, 0.15) is 0 Å². The number of rotatable bonds is 16. The van der Waals surface area contributed by atoms with Gasteiger partial charge in [0.25, 0.3) is 0 Å². The largest absolute Gasteiger partial charge is 0.234 e. The van der Waals surface area contributed by atoms with Crippen LogP contribution in [0.4, 0.5) is 0 Å². The van der Waals surface area contributed by atoms with Crippen LogP contribution in [0, 0.1) is 17.3 Å². The molecule has 0 aliphatic rings. The lowest BCUT2D eigenvalue weighted by Gasteiger charge is -2.33. The van der Waals surface area contributed by atoms with Crippen molar-refractivity contribution < 1.29 is 9.59 Å². The molecule has 0 fully saturated rings. The van der Waals surface area contributed by atoms with Crippen LogP contribution in [0.3, 0.4) is 0 Å². The molecule has 0 saturated heterocycles. The fraction of sp³-hybridized carbons (Fsp3) is 0.905. The van der Waals surface area contributed by atoms with Crippen molar-refractivity contribution in [3.8, 4) is 0 Å². The summed E-state index contributed by atoms with van der Waals surface area (Å²) in [6, 6.07) is 0. The summed E-state index contributed by atoms with van der Waals surface area (Å²) < 4.78 is 0. The van der Waals surface area contributed by atoms with E-state index in [1.54, 1.807) is 12.2 Å². The van der Waals surface area contributed by atoms with Crippen LogP contribution < -0.4 is 0 Å². The van der Waals surface area contributed by atoms with Gasteiger partial charge in [0.05, 0.1) is 13.1 Å². The van der Waals surface area contributed by atoms with E-state index in [0.29, 0.717) is 18.5 Å². The van der Waals surface area contributed by atoms with Gasteiger partial charge in [-0.05, 0) is 42.9 Å². The Morgan fingerprint density at radius 2 is 1.16 bits per heavy atom. The molecule has 0 aliphatic carbocycles. The van der Waals surface area contributed by atoms with Gasteiger partial charge in [-0.1, -0.05) is 66.2 Å². The van der Waals surface area contributed by atoms with Crippen LogP contribution in [-0.4, -0.2) is 25.2 Å². The monoisotopic (exact) mass is 350 g/mol. The maximum Gasteiger partial charge on any atom is 0.234 e. The molecule has 0 aromatic carbocycles. The SMILES string of the molecule is CCC(CCCCN=C=O)CC(C)(C)CC(CC)CCCCN=C=O. The van der Waals surface area contributed by atoms with Crippen molar-refractivity contribution in [3.05, 3.63) is 0 Å². The summed E-state index contributed by atoms with van der Waals surface area (Å²) in [5.41, 5.74) is 0.364. The van der Waals surface area contributed by atoms with E-state index in [1.807, 2.05) is 0 Å². The Kier molecular flexibility index (Phi) is 14.3. The third-order valence-corrected chi connectivity index (χ3v) is 5.23. The Balaban J connectivity index is 4.24. The van der Waals surface area contributed by atoms with Crippen molar-refractivity contribution in [2.75, 3.05) is 13.1 Å². The molecule has 0 heterocycles. The van der Waals surface area contributed by atoms with Gasteiger partial charge in [-0.15, -0.1) is 0 Å². The minimum atomic E-state index is 0.364. The number of nitrogens with zero attached hydrogens (tertiary/aromatic N) is 2. The lowest BCUT2D eigenvalue weighted by atomic mass is 9.73. The Bertz CT molecular complexity index is 384. The molecule has 2 atom stereocenters. The number of unbranched alkanes of at least 4 members (excludes halogenated alkanes) is 2. The second-order valence-corrected chi connectivity index (χ2v) is 8.06. The van der Waals surface area contributed by atoms with E-state index >= 15 is 0 Å². The fourth-order valence-corrected chi connectivity index (χ4v) is 3.89. The molecule has 0 spiro atoms. The van der Waals surface area contributed by atoms with Crippen LogP contribution in [0.2, 0.25) is 0 Å². The molecule has 2 unspecified atom stereocenters. The highest BCUT2D eigenvalue weighted by atomic mass is 16.1. The molecular formula is C21H38N2O2. The molecule has 0 radical (unpaired) electrons. The lowest BCUT2D eigenvalue weighted by molar-refractivity contribution is 0.187. The first-order chi connectivity index (χ1) is 12.0. The first kappa shape index (κ1) is 23.8. The molecule has 0 bridgehead atoms. The third-order valence-electron chi connectivity index (χ3n) is 5.23. The van der Waals surface area contributed by atoms with Crippen molar-refractivity contribution >= 4 is 12.2 Å². The molecule has 0 aromatic rings. The topological polar surface area (TPSA) is 58.9 Å². The van der Waals surface area contributed by atoms with E-state index in [1.165, 1.54) is 38.5 Å². The normalized spacial score (nSPS) is 13.6. The standard InChI is InChI=1S/C21H38N2O2/c1-5-19(11-7-9-13-22-17-24)15-21(3,4)16-20(6-2)12-8-10-14-23-18-25/h19-20H,5-16H2,1-4H3. The summed E-state index contributed by atoms with van der Waals surface area (Å²) in [7, 11) is 0. The molecule has 0 N–H and O–H groups in total. The van der Waals surface area contributed by atoms with E-state index in [2.05, 4.69) is 37.7 Å². The average Bonchev–Trinajstić information content (AvgIpc) is 2.59. The minimum absolute atomic E-state index is 0.364. The molecule has 4 heteroatoms. The number of isocyanates is 2. The first-order valence-corrected chi connectivity index (χ1v) is 10.1. The second kappa shape index (κ2) is 15.0. The molecule has 0 amide bonds. The zero-order valence-corrected chi connectivity index (χ0v) is 16.9. The van der Waals surface area contributed by atoms with Crippen LogP contribution in [0.15, 0.2) is 9.98 Å². The van der Waals surface area contributed by atoms with Crippen molar-refractivity contribution in [2.24, 2.45) is 27.2 Å². The quantitative estimate of drug-likeness (QED) is 0.199. The molecule has 4 nitrogen and oxygen atoms in total. The van der Waals surface area contributed by atoms with Crippen molar-refractivity contribution in [1.82, 2.24) is 0 Å². The van der Waals surface area contributed by atoms with Gasteiger partial charge >= 0.3 is 0 Å². The molecule has 0 aliphatic heterocycles. The first-order valence-electron chi connectivity index (χ1n) is 10.1. The lowest BCUT2D eigenvalue weighted by Crippen LogP contribution is -2.21. The molecule has 0 aromatic heterocycles. The third kappa shape index (κ3) is 13.7. The van der Waals surface area contributed by atoms with Gasteiger partial charge in [-0.25, -0.2) is 19.6 Å². The van der Waals surface area contributed by atoms with E-state index in [4.69, 9.17) is 0 Å². The average molecular weight is 351 g/mol. The van der Waals surface area contributed by atoms with Gasteiger partial charge in [0.15, 0.2) is 0 Å². The Morgan fingerprint density at radius 3 is 1.48 bits per heavy atom.